The highest BCUT2D eigenvalue weighted by atomic mass is 16.5. The van der Waals surface area contributed by atoms with Gasteiger partial charge in [0, 0.05) is 16.9 Å². The van der Waals surface area contributed by atoms with E-state index in [2.05, 4.69) is 5.32 Å². The van der Waals surface area contributed by atoms with Crippen LogP contribution >= 0.6 is 0 Å². The van der Waals surface area contributed by atoms with Crippen molar-refractivity contribution in [2.75, 3.05) is 6.61 Å². The molecule has 5 heteroatoms. The molecule has 1 aromatic carbocycles. The smallest absolute Gasteiger partial charge is 0.326 e. The Hall–Kier alpha value is -2.04. The molecule has 1 spiro atoms. The van der Waals surface area contributed by atoms with Gasteiger partial charge in [-0.05, 0) is 24.8 Å². The number of carbonyl (C=O) groups is 2. The van der Waals surface area contributed by atoms with Gasteiger partial charge in [0.2, 0.25) is 5.91 Å². The molecule has 1 aliphatic heterocycles. The standard InChI is InChI=1S/C17H21NO4/c1-10(2)14(16(20)21)18-15(19)12-9-17(12)7-8-22-13-6-4-3-5-11(13)17/h3-6,10,12,14H,7-9H2,1-2H3,(H,18,19)(H,20,21)/t12?,14-,17?/m0/s1. The summed E-state index contributed by atoms with van der Waals surface area (Å²) in [6.07, 6.45) is 1.57. The average Bonchev–Trinajstić information content (AvgIpc) is 3.19. The van der Waals surface area contributed by atoms with Gasteiger partial charge in [-0.15, -0.1) is 0 Å². The van der Waals surface area contributed by atoms with E-state index < -0.39 is 12.0 Å². The van der Waals surface area contributed by atoms with E-state index in [0.29, 0.717) is 6.61 Å². The normalized spacial score (nSPS) is 27.0. The van der Waals surface area contributed by atoms with Crippen LogP contribution in [-0.2, 0) is 15.0 Å². The molecule has 1 heterocycles. The van der Waals surface area contributed by atoms with Crippen LogP contribution in [0.5, 0.6) is 5.75 Å². The van der Waals surface area contributed by atoms with Crippen LogP contribution in [0.15, 0.2) is 24.3 Å². The summed E-state index contributed by atoms with van der Waals surface area (Å²) in [5.41, 5.74) is 0.914. The van der Waals surface area contributed by atoms with Gasteiger partial charge < -0.3 is 15.2 Å². The maximum Gasteiger partial charge on any atom is 0.326 e. The van der Waals surface area contributed by atoms with Crippen LogP contribution < -0.4 is 10.1 Å². The number of hydrogen-bond donors (Lipinski definition) is 2. The maximum atomic E-state index is 12.5. The number of hydrogen-bond acceptors (Lipinski definition) is 3. The number of fused-ring (bicyclic) bond motifs is 2. The van der Waals surface area contributed by atoms with Crippen molar-refractivity contribution in [2.45, 2.75) is 38.1 Å². The Morgan fingerprint density at radius 3 is 2.77 bits per heavy atom. The molecular weight excluding hydrogens is 282 g/mol. The van der Waals surface area contributed by atoms with Crippen molar-refractivity contribution in [3.8, 4) is 5.75 Å². The number of amides is 1. The second kappa shape index (κ2) is 5.30. The van der Waals surface area contributed by atoms with Gasteiger partial charge in [-0.25, -0.2) is 4.79 Å². The van der Waals surface area contributed by atoms with Crippen molar-refractivity contribution in [3.05, 3.63) is 29.8 Å². The predicted octanol–water partition coefficient (Wildman–Crippen LogP) is 1.95. The van der Waals surface area contributed by atoms with Crippen molar-refractivity contribution in [3.63, 3.8) is 0 Å². The summed E-state index contributed by atoms with van der Waals surface area (Å²) in [5.74, 6) is -0.581. The van der Waals surface area contributed by atoms with Gasteiger partial charge >= 0.3 is 5.97 Å². The molecule has 0 radical (unpaired) electrons. The fraction of sp³-hybridized carbons (Fsp3) is 0.529. The topological polar surface area (TPSA) is 75.6 Å². The molecule has 2 N–H and O–H groups in total. The van der Waals surface area contributed by atoms with Crippen molar-refractivity contribution in [1.82, 2.24) is 5.32 Å². The summed E-state index contributed by atoms with van der Waals surface area (Å²) in [6, 6.07) is 6.99. The Labute approximate surface area is 129 Å². The summed E-state index contributed by atoms with van der Waals surface area (Å²) in [7, 11) is 0. The Balaban J connectivity index is 1.77. The van der Waals surface area contributed by atoms with Gasteiger partial charge in [-0.3, -0.25) is 4.79 Å². The average molecular weight is 303 g/mol. The second-order valence-electron chi connectivity index (χ2n) is 6.58. The number of para-hydroxylation sites is 1. The molecule has 5 nitrogen and oxygen atoms in total. The molecule has 1 saturated carbocycles. The molecule has 1 aromatic rings. The Bertz CT molecular complexity index is 612. The van der Waals surface area contributed by atoms with Crippen molar-refractivity contribution < 1.29 is 19.4 Å². The monoisotopic (exact) mass is 303 g/mol. The predicted molar refractivity (Wildman–Crippen MR) is 80.7 cm³/mol. The summed E-state index contributed by atoms with van der Waals surface area (Å²) in [4.78, 5) is 23.7. The van der Waals surface area contributed by atoms with Gasteiger partial charge in [0.15, 0.2) is 0 Å². The van der Waals surface area contributed by atoms with Crippen LogP contribution in [-0.4, -0.2) is 29.6 Å². The lowest BCUT2D eigenvalue weighted by Crippen LogP contribution is -2.45. The number of ether oxygens (including phenoxy) is 1. The zero-order valence-corrected chi connectivity index (χ0v) is 12.8. The third-order valence-electron chi connectivity index (χ3n) is 4.85. The maximum absolute atomic E-state index is 12.5. The van der Waals surface area contributed by atoms with Crippen molar-refractivity contribution in [2.24, 2.45) is 11.8 Å². The first-order chi connectivity index (χ1) is 10.5. The summed E-state index contributed by atoms with van der Waals surface area (Å²) < 4.78 is 5.66. The minimum absolute atomic E-state index is 0.141. The minimum Gasteiger partial charge on any atom is -0.493 e. The van der Waals surface area contributed by atoms with Crippen molar-refractivity contribution >= 4 is 11.9 Å². The lowest BCUT2D eigenvalue weighted by atomic mass is 9.87. The van der Waals surface area contributed by atoms with Crippen LogP contribution in [0.3, 0.4) is 0 Å². The van der Waals surface area contributed by atoms with Gasteiger partial charge in [0.1, 0.15) is 11.8 Å². The first-order valence-electron chi connectivity index (χ1n) is 7.71. The van der Waals surface area contributed by atoms with E-state index in [1.54, 1.807) is 13.8 Å². The van der Waals surface area contributed by atoms with Gasteiger partial charge in [-0.2, -0.15) is 0 Å². The first kappa shape index (κ1) is 14.9. The number of aliphatic carboxylic acids is 1. The molecule has 1 fully saturated rings. The number of carboxylic acids is 1. The van der Waals surface area contributed by atoms with E-state index in [4.69, 9.17) is 4.74 Å². The highest BCUT2D eigenvalue weighted by Crippen LogP contribution is 2.60. The molecule has 3 atom stereocenters. The molecule has 3 rings (SSSR count). The van der Waals surface area contributed by atoms with Gasteiger partial charge in [0.05, 0.1) is 6.61 Å². The Morgan fingerprint density at radius 1 is 1.36 bits per heavy atom. The molecule has 1 aliphatic carbocycles. The Morgan fingerprint density at radius 2 is 2.09 bits per heavy atom. The zero-order chi connectivity index (χ0) is 15.9. The van der Waals surface area contributed by atoms with E-state index in [0.717, 1.165) is 24.2 Å². The molecular formula is C17H21NO4. The molecule has 2 unspecified atom stereocenters. The van der Waals surface area contributed by atoms with Crippen LogP contribution in [0.4, 0.5) is 0 Å². The molecule has 22 heavy (non-hydrogen) atoms. The van der Waals surface area contributed by atoms with Crippen LogP contribution in [0, 0.1) is 11.8 Å². The number of rotatable bonds is 4. The molecule has 0 aromatic heterocycles. The van der Waals surface area contributed by atoms with E-state index in [1.165, 1.54) is 0 Å². The lowest BCUT2D eigenvalue weighted by Gasteiger charge is -2.27. The summed E-state index contributed by atoms with van der Waals surface area (Å²) >= 11 is 0. The highest BCUT2D eigenvalue weighted by molar-refractivity contribution is 5.89. The van der Waals surface area contributed by atoms with E-state index in [-0.39, 0.29) is 23.2 Å². The number of carboxylic acid groups (broad SMARTS) is 1. The number of carbonyl (C=O) groups excluding carboxylic acids is 1. The molecule has 0 bridgehead atoms. The minimum atomic E-state index is -0.981. The van der Waals surface area contributed by atoms with E-state index in [9.17, 15) is 14.7 Å². The van der Waals surface area contributed by atoms with E-state index >= 15 is 0 Å². The fourth-order valence-electron chi connectivity index (χ4n) is 3.47. The largest absolute Gasteiger partial charge is 0.493 e. The molecule has 118 valence electrons. The summed E-state index contributed by atoms with van der Waals surface area (Å²) in [6.45, 7) is 4.20. The third kappa shape index (κ3) is 2.34. The number of benzene rings is 1. The SMILES string of the molecule is CC(C)[C@H](NC(=O)C1CC12CCOc1ccccc12)C(=O)O. The third-order valence-corrected chi connectivity index (χ3v) is 4.85. The molecule has 1 amide bonds. The summed E-state index contributed by atoms with van der Waals surface area (Å²) in [5, 5.41) is 11.9. The van der Waals surface area contributed by atoms with Gasteiger partial charge in [-0.1, -0.05) is 32.0 Å². The highest BCUT2D eigenvalue weighted by Gasteiger charge is 2.61. The number of nitrogens with one attached hydrogen (secondary N) is 1. The quantitative estimate of drug-likeness (QED) is 0.891. The first-order valence-corrected chi connectivity index (χ1v) is 7.71. The lowest BCUT2D eigenvalue weighted by molar-refractivity contribution is -0.143. The van der Waals surface area contributed by atoms with Crippen molar-refractivity contribution in [1.29, 1.82) is 0 Å². The molecule has 2 aliphatic rings. The van der Waals surface area contributed by atoms with Crippen LogP contribution in [0.2, 0.25) is 0 Å². The second-order valence-corrected chi connectivity index (χ2v) is 6.58. The zero-order valence-electron chi connectivity index (χ0n) is 12.8. The van der Waals surface area contributed by atoms with Crippen LogP contribution in [0.25, 0.3) is 0 Å². The fourth-order valence-corrected chi connectivity index (χ4v) is 3.47. The molecule has 0 saturated heterocycles. The van der Waals surface area contributed by atoms with Gasteiger partial charge in [0.25, 0.3) is 0 Å². The van der Waals surface area contributed by atoms with Crippen LogP contribution in [0.1, 0.15) is 32.3 Å². The Kier molecular flexibility index (Phi) is 3.59. The van der Waals surface area contributed by atoms with E-state index in [1.807, 2.05) is 24.3 Å².